The molecule has 278 valence electrons. The van der Waals surface area contributed by atoms with Crippen LogP contribution >= 0.6 is 0 Å². The van der Waals surface area contributed by atoms with Gasteiger partial charge in [-0.05, 0) is 81.9 Å². The maximum absolute atomic E-state index is 15.5. The van der Waals surface area contributed by atoms with Crippen LogP contribution < -0.4 is 24.5 Å². The number of carbonyl (C=O) groups is 3. The number of aldehydes is 2. The topological polar surface area (TPSA) is 126 Å². The second kappa shape index (κ2) is 16.0. The largest absolute Gasteiger partial charge is 0.493 e. The molecule has 1 fully saturated rings. The monoisotopic (exact) mass is 736 g/mol. The summed E-state index contributed by atoms with van der Waals surface area (Å²) in [6, 6.07) is 11.3. The number of aromatic nitrogens is 1. The number of nitrogens with zero attached hydrogens (tertiary/aromatic N) is 5. The van der Waals surface area contributed by atoms with Crippen molar-refractivity contribution in [2.24, 2.45) is 5.10 Å². The van der Waals surface area contributed by atoms with Gasteiger partial charge in [0.25, 0.3) is 5.91 Å². The van der Waals surface area contributed by atoms with Gasteiger partial charge in [-0.25, -0.2) is 9.40 Å². The SMILES string of the molecule is COc1cc2c(Oc3ccc(NC(=O)C4=NN(c5cccc(C(F)(F)F)c5)C(C=O)N(C)C4C=O)cc3F)ccnc2cc1OCCCN1CCCC1. The summed E-state index contributed by atoms with van der Waals surface area (Å²) in [4.78, 5) is 45.5. The molecule has 0 saturated carbocycles. The second-order valence-corrected chi connectivity index (χ2v) is 12.5. The molecule has 1 N–H and O–H groups in total. The number of hydrogen-bond donors (Lipinski definition) is 1. The van der Waals surface area contributed by atoms with Crippen molar-refractivity contribution in [2.45, 2.75) is 37.6 Å². The van der Waals surface area contributed by atoms with Crippen molar-refractivity contribution in [2.75, 3.05) is 50.7 Å². The molecule has 1 saturated heterocycles. The second-order valence-electron chi connectivity index (χ2n) is 12.5. The molecule has 2 atom stereocenters. The highest BCUT2D eigenvalue weighted by molar-refractivity contribution is 6.47. The van der Waals surface area contributed by atoms with E-state index >= 15 is 4.39 Å². The molecular weight excluding hydrogens is 700 g/mol. The molecule has 4 aromatic rings. The Hall–Kier alpha value is -5.61. The summed E-state index contributed by atoms with van der Waals surface area (Å²) in [5.74, 6) is -0.740. The normalized spacial score (nSPS) is 18.1. The first-order chi connectivity index (χ1) is 25.5. The summed E-state index contributed by atoms with van der Waals surface area (Å²) in [6.45, 7) is 3.67. The number of hydrogen-bond acceptors (Lipinski definition) is 11. The fraction of sp³-hybridized carbons (Fsp3) is 0.324. The Morgan fingerprint density at radius 1 is 0.981 bits per heavy atom. The number of likely N-dealkylation sites (tertiary alicyclic amines) is 1. The van der Waals surface area contributed by atoms with Crippen molar-refractivity contribution < 1.29 is 46.2 Å². The minimum Gasteiger partial charge on any atom is -0.493 e. The van der Waals surface area contributed by atoms with Crippen LogP contribution in [0.1, 0.15) is 24.8 Å². The van der Waals surface area contributed by atoms with Crippen LogP contribution in [-0.4, -0.2) is 91.6 Å². The van der Waals surface area contributed by atoms with Gasteiger partial charge in [-0.1, -0.05) is 6.07 Å². The average molecular weight is 737 g/mol. The van der Waals surface area contributed by atoms with Crippen molar-refractivity contribution in [3.8, 4) is 23.0 Å². The standard InChI is InChI=1S/C37H36F4N6O6/c1-45-29(21-48)35(44-47(34(45)22-49)25-8-5-7-23(17-25)37(39,40)41)36(50)43-24-9-10-31(27(38)18-24)53-30-11-12-42-28-20-33(32(51-2)19-26(28)30)52-16-6-15-46-13-3-4-14-46/h5,7-12,17-22,29,34H,3-4,6,13-16H2,1-2H3,(H,43,50). The van der Waals surface area contributed by atoms with Crippen LogP contribution in [0, 0.1) is 5.82 Å². The molecule has 3 aromatic carbocycles. The van der Waals surface area contributed by atoms with Crippen LogP contribution in [0.15, 0.2) is 72.0 Å². The van der Waals surface area contributed by atoms with E-state index in [2.05, 4.69) is 20.3 Å². The van der Waals surface area contributed by atoms with Gasteiger partial charge in [-0.3, -0.25) is 19.5 Å². The highest BCUT2D eigenvalue weighted by atomic mass is 19.4. The van der Waals surface area contributed by atoms with Gasteiger partial charge in [0.1, 0.15) is 18.1 Å². The number of amides is 1. The Morgan fingerprint density at radius 3 is 2.47 bits per heavy atom. The summed E-state index contributed by atoms with van der Waals surface area (Å²) in [7, 11) is 2.86. The lowest BCUT2D eigenvalue weighted by molar-refractivity contribution is -0.137. The molecule has 1 aromatic heterocycles. The van der Waals surface area contributed by atoms with Crippen LogP contribution in [0.3, 0.4) is 0 Å². The first-order valence-electron chi connectivity index (χ1n) is 16.8. The number of fused-ring (bicyclic) bond motifs is 1. The number of halogens is 4. The minimum absolute atomic E-state index is 0.0363. The van der Waals surface area contributed by atoms with Gasteiger partial charge in [0, 0.05) is 35.9 Å². The van der Waals surface area contributed by atoms with Crippen molar-refractivity contribution in [3.63, 3.8) is 0 Å². The van der Waals surface area contributed by atoms with Gasteiger partial charge in [-0.15, -0.1) is 0 Å². The van der Waals surface area contributed by atoms with Crippen LogP contribution in [0.25, 0.3) is 10.9 Å². The average Bonchev–Trinajstić information content (AvgIpc) is 3.67. The highest BCUT2D eigenvalue weighted by Crippen LogP contribution is 2.38. The molecule has 1 amide bonds. The summed E-state index contributed by atoms with van der Waals surface area (Å²) >= 11 is 0. The van der Waals surface area contributed by atoms with Crippen molar-refractivity contribution in [3.05, 3.63) is 78.2 Å². The molecule has 0 bridgehead atoms. The third-order valence-electron chi connectivity index (χ3n) is 9.00. The smallest absolute Gasteiger partial charge is 0.416 e. The number of anilines is 2. The lowest BCUT2D eigenvalue weighted by Crippen LogP contribution is -2.60. The zero-order valence-corrected chi connectivity index (χ0v) is 28.8. The number of nitrogens with one attached hydrogen (secondary N) is 1. The Labute approximate surface area is 301 Å². The lowest BCUT2D eigenvalue weighted by atomic mass is 10.1. The summed E-state index contributed by atoms with van der Waals surface area (Å²) < 4.78 is 73.3. The Morgan fingerprint density at radius 2 is 1.77 bits per heavy atom. The molecule has 2 unspecified atom stereocenters. The van der Waals surface area contributed by atoms with E-state index in [1.165, 1.54) is 56.3 Å². The Kier molecular flexibility index (Phi) is 11.2. The zero-order valence-electron chi connectivity index (χ0n) is 28.8. The van der Waals surface area contributed by atoms with E-state index < -0.39 is 41.4 Å². The lowest BCUT2D eigenvalue weighted by Gasteiger charge is -2.40. The summed E-state index contributed by atoms with van der Waals surface area (Å²) in [5, 5.41) is 8.04. The van der Waals surface area contributed by atoms with Gasteiger partial charge in [-0.2, -0.15) is 18.3 Å². The van der Waals surface area contributed by atoms with E-state index in [1.807, 2.05) is 0 Å². The maximum atomic E-state index is 15.5. The van der Waals surface area contributed by atoms with Gasteiger partial charge < -0.3 is 29.2 Å². The summed E-state index contributed by atoms with van der Waals surface area (Å²) in [5.41, 5.74) is -1.10. The molecule has 2 aliphatic heterocycles. The number of carbonyl (C=O) groups excluding carboxylic acids is 3. The zero-order chi connectivity index (χ0) is 37.7. The number of pyridine rings is 1. The molecule has 53 heavy (non-hydrogen) atoms. The molecule has 2 aliphatic rings. The molecule has 0 spiro atoms. The number of ether oxygens (including phenoxy) is 3. The van der Waals surface area contributed by atoms with Gasteiger partial charge in [0.2, 0.25) is 0 Å². The molecule has 0 aliphatic carbocycles. The number of hydrazone groups is 1. The van der Waals surface area contributed by atoms with Gasteiger partial charge >= 0.3 is 6.18 Å². The van der Waals surface area contributed by atoms with Crippen LogP contribution in [0.5, 0.6) is 23.0 Å². The fourth-order valence-corrected chi connectivity index (χ4v) is 6.23. The first-order valence-corrected chi connectivity index (χ1v) is 16.8. The molecular formula is C37H36F4N6O6. The van der Waals surface area contributed by atoms with Crippen LogP contribution in [0.2, 0.25) is 0 Å². The predicted molar refractivity (Wildman–Crippen MR) is 188 cm³/mol. The third-order valence-corrected chi connectivity index (χ3v) is 9.00. The van der Waals surface area contributed by atoms with Crippen molar-refractivity contribution >= 4 is 46.5 Å². The van der Waals surface area contributed by atoms with E-state index in [9.17, 15) is 27.6 Å². The van der Waals surface area contributed by atoms with Gasteiger partial charge in [0.05, 0.1) is 30.5 Å². The Bertz CT molecular complexity index is 2020. The number of likely N-dealkylation sites (N-methyl/N-ethyl adjacent to an activating group) is 1. The Balaban J connectivity index is 1.19. The number of methoxy groups -OCH3 is 1. The molecule has 0 radical (unpaired) electrons. The molecule has 3 heterocycles. The molecule has 6 rings (SSSR count). The summed E-state index contributed by atoms with van der Waals surface area (Å²) in [6.07, 6.45) is -0.440. The molecule has 16 heteroatoms. The number of alkyl halides is 3. The molecule has 12 nitrogen and oxygen atoms in total. The van der Waals surface area contributed by atoms with Crippen molar-refractivity contribution in [1.29, 1.82) is 0 Å². The first kappa shape index (κ1) is 37.2. The fourth-order valence-electron chi connectivity index (χ4n) is 6.23. The third kappa shape index (κ3) is 8.23. The van der Waals surface area contributed by atoms with Gasteiger partial charge in [0.15, 0.2) is 41.2 Å². The van der Waals surface area contributed by atoms with E-state index in [4.69, 9.17) is 14.2 Å². The van der Waals surface area contributed by atoms with E-state index in [0.717, 1.165) is 55.3 Å². The minimum atomic E-state index is -4.69. The van der Waals surface area contributed by atoms with Crippen LogP contribution in [0.4, 0.5) is 28.9 Å². The van der Waals surface area contributed by atoms with Crippen LogP contribution in [-0.2, 0) is 20.6 Å². The highest BCUT2D eigenvalue weighted by Gasteiger charge is 2.40. The van der Waals surface area contributed by atoms with E-state index in [0.29, 0.717) is 41.6 Å². The number of benzene rings is 3. The quantitative estimate of drug-likeness (QED) is 0.101. The van der Waals surface area contributed by atoms with Crippen molar-refractivity contribution in [1.82, 2.24) is 14.8 Å². The number of rotatable bonds is 13. The van der Waals surface area contributed by atoms with E-state index in [-0.39, 0.29) is 22.9 Å². The maximum Gasteiger partial charge on any atom is 0.416 e. The van der Waals surface area contributed by atoms with E-state index in [1.54, 1.807) is 18.2 Å². The predicted octanol–water partition coefficient (Wildman–Crippen LogP) is 5.90.